The minimum Gasteiger partial charge on any atom is -0.481 e. The van der Waals surface area contributed by atoms with Crippen LogP contribution in [0, 0.1) is 11.7 Å². The molecule has 6 heteroatoms. The first-order valence-corrected chi connectivity index (χ1v) is 7.06. The molecule has 1 aliphatic rings. The molecule has 1 fully saturated rings. The number of carbonyl (C=O) groups excluding carboxylic acids is 1. The number of nitrogens with zero attached hydrogens (tertiary/aromatic N) is 1. The van der Waals surface area contributed by atoms with Crippen molar-refractivity contribution in [3.8, 4) is 0 Å². The molecular formula is C15H19FN2O3. The Morgan fingerprint density at radius 1 is 1.33 bits per heavy atom. The normalized spacial score (nSPS) is 18.3. The maximum atomic E-state index is 12.8. The van der Waals surface area contributed by atoms with Crippen molar-refractivity contribution in [2.45, 2.75) is 19.3 Å². The third-order valence-electron chi connectivity index (χ3n) is 3.66. The van der Waals surface area contributed by atoms with Gasteiger partial charge in [0.2, 0.25) is 0 Å². The molecule has 1 saturated heterocycles. The molecule has 2 N–H and O–H groups in total. The summed E-state index contributed by atoms with van der Waals surface area (Å²) < 4.78 is 12.8. The van der Waals surface area contributed by atoms with E-state index in [-0.39, 0.29) is 18.4 Å². The molecule has 0 unspecified atom stereocenters. The highest BCUT2D eigenvalue weighted by Gasteiger charge is 2.27. The summed E-state index contributed by atoms with van der Waals surface area (Å²) in [5.74, 6) is -1.60. The number of carboxylic acids is 1. The van der Waals surface area contributed by atoms with Gasteiger partial charge in [0.1, 0.15) is 5.82 Å². The molecule has 5 nitrogen and oxygen atoms in total. The van der Waals surface area contributed by atoms with Gasteiger partial charge in [-0.2, -0.15) is 0 Å². The maximum absolute atomic E-state index is 12.8. The molecule has 0 bridgehead atoms. The summed E-state index contributed by atoms with van der Waals surface area (Å²) in [4.78, 5) is 24.5. The summed E-state index contributed by atoms with van der Waals surface area (Å²) in [6.07, 6.45) is 1.94. The second kappa shape index (κ2) is 7.06. The molecule has 0 aliphatic carbocycles. The van der Waals surface area contributed by atoms with E-state index in [1.807, 2.05) is 0 Å². The number of amides is 2. The molecule has 1 aliphatic heterocycles. The van der Waals surface area contributed by atoms with Crippen LogP contribution in [-0.2, 0) is 11.2 Å². The summed E-state index contributed by atoms with van der Waals surface area (Å²) in [6, 6.07) is 5.91. The first-order chi connectivity index (χ1) is 10.1. The Morgan fingerprint density at radius 2 is 2.05 bits per heavy atom. The molecule has 1 aromatic carbocycles. The number of likely N-dealkylation sites (tertiary alicyclic amines) is 1. The quantitative estimate of drug-likeness (QED) is 0.890. The fourth-order valence-electron chi connectivity index (χ4n) is 2.44. The van der Waals surface area contributed by atoms with E-state index < -0.39 is 11.9 Å². The fourth-order valence-corrected chi connectivity index (χ4v) is 2.44. The van der Waals surface area contributed by atoms with Crippen molar-refractivity contribution < 1.29 is 19.1 Å². The predicted octanol–water partition coefficient (Wildman–Crippen LogP) is 1.87. The largest absolute Gasteiger partial charge is 0.481 e. The molecule has 2 amide bonds. The second-order valence-corrected chi connectivity index (χ2v) is 5.23. The van der Waals surface area contributed by atoms with Gasteiger partial charge in [0.05, 0.1) is 5.92 Å². The van der Waals surface area contributed by atoms with Crippen molar-refractivity contribution in [2.24, 2.45) is 5.92 Å². The van der Waals surface area contributed by atoms with Crippen LogP contribution in [0.3, 0.4) is 0 Å². The van der Waals surface area contributed by atoms with Gasteiger partial charge in [0, 0.05) is 19.6 Å². The van der Waals surface area contributed by atoms with E-state index in [9.17, 15) is 14.0 Å². The second-order valence-electron chi connectivity index (χ2n) is 5.23. The average Bonchev–Trinajstić information content (AvgIpc) is 2.49. The van der Waals surface area contributed by atoms with Crippen LogP contribution in [-0.4, -0.2) is 41.6 Å². The smallest absolute Gasteiger partial charge is 0.317 e. The summed E-state index contributed by atoms with van der Waals surface area (Å²) in [6.45, 7) is 1.29. The lowest BCUT2D eigenvalue weighted by atomic mass is 9.99. The van der Waals surface area contributed by atoms with Crippen molar-refractivity contribution >= 4 is 12.0 Å². The molecule has 1 heterocycles. The first-order valence-electron chi connectivity index (χ1n) is 7.06. The lowest BCUT2D eigenvalue weighted by Crippen LogP contribution is -2.47. The molecule has 0 spiro atoms. The van der Waals surface area contributed by atoms with Crippen LogP contribution in [0.2, 0.25) is 0 Å². The van der Waals surface area contributed by atoms with E-state index in [0.29, 0.717) is 32.4 Å². The summed E-state index contributed by atoms with van der Waals surface area (Å²) in [7, 11) is 0. The lowest BCUT2D eigenvalue weighted by molar-refractivity contribution is -0.143. The average molecular weight is 294 g/mol. The van der Waals surface area contributed by atoms with Crippen LogP contribution >= 0.6 is 0 Å². The SMILES string of the molecule is O=C(O)[C@H]1CCCN(C(=O)NCCc2ccc(F)cc2)C1. The van der Waals surface area contributed by atoms with Gasteiger partial charge < -0.3 is 15.3 Å². The number of piperidine rings is 1. The van der Waals surface area contributed by atoms with Crippen molar-refractivity contribution in [3.63, 3.8) is 0 Å². The van der Waals surface area contributed by atoms with Gasteiger partial charge >= 0.3 is 12.0 Å². The van der Waals surface area contributed by atoms with E-state index in [2.05, 4.69) is 5.32 Å². The molecule has 0 aromatic heterocycles. The van der Waals surface area contributed by atoms with Crippen molar-refractivity contribution in [1.29, 1.82) is 0 Å². The van der Waals surface area contributed by atoms with Gasteiger partial charge in [-0.1, -0.05) is 12.1 Å². The first kappa shape index (κ1) is 15.3. The number of benzene rings is 1. The highest BCUT2D eigenvalue weighted by atomic mass is 19.1. The highest BCUT2D eigenvalue weighted by molar-refractivity contribution is 5.76. The van der Waals surface area contributed by atoms with Crippen LogP contribution in [0.4, 0.5) is 9.18 Å². The van der Waals surface area contributed by atoms with E-state index in [1.54, 1.807) is 17.0 Å². The molecule has 114 valence electrons. The number of nitrogens with one attached hydrogen (secondary N) is 1. The van der Waals surface area contributed by atoms with Gasteiger partial charge in [-0.3, -0.25) is 4.79 Å². The minimum atomic E-state index is -0.848. The topological polar surface area (TPSA) is 69.6 Å². The number of carboxylic acid groups (broad SMARTS) is 1. The number of aliphatic carboxylic acids is 1. The van der Waals surface area contributed by atoms with Crippen molar-refractivity contribution in [1.82, 2.24) is 10.2 Å². The number of hydrogen-bond donors (Lipinski definition) is 2. The predicted molar refractivity (Wildman–Crippen MR) is 75.4 cm³/mol. The Kier molecular flexibility index (Phi) is 5.14. The van der Waals surface area contributed by atoms with Gasteiger partial charge in [-0.15, -0.1) is 0 Å². The molecule has 0 radical (unpaired) electrons. The third kappa shape index (κ3) is 4.44. The van der Waals surface area contributed by atoms with Crippen LogP contribution < -0.4 is 5.32 Å². The molecule has 1 aromatic rings. The zero-order valence-corrected chi connectivity index (χ0v) is 11.7. The van der Waals surface area contributed by atoms with Gasteiger partial charge in [0.25, 0.3) is 0 Å². The van der Waals surface area contributed by atoms with E-state index >= 15 is 0 Å². The van der Waals surface area contributed by atoms with Crippen molar-refractivity contribution in [3.05, 3.63) is 35.6 Å². The number of rotatable bonds is 4. The van der Waals surface area contributed by atoms with Crippen molar-refractivity contribution in [2.75, 3.05) is 19.6 Å². The zero-order chi connectivity index (χ0) is 15.2. The van der Waals surface area contributed by atoms with Crippen LogP contribution in [0.25, 0.3) is 0 Å². The molecule has 2 rings (SSSR count). The van der Waals surface area contributed by atoms with Gasteiger partial charge in [-0.05, 0) is 37.0 Å². The Balaban J connectivity index is 1.76. The van der Waals surface area contributed by atoms with E-state index in [4.69, 9.17) is 5.11 Å². The standard InChI is InChI=1S/C15H19FN2O3/c16-13-5-3-11(4-6-13)7-8-17-15(21)18-9-1-2-12(10-18)14(19)20/h3-6,12H,1-2,7-10H2,(H,17,21)(H,19,20)/t12-/m0/s1. The van der Waals surface area contributed by atoms with Crippen LogP contribution in [0.1, 0.15) is 18.4 Å². The third-order valence-corrected chi connectivity index (χ3v) is 3.66. The highest BCUT2D eigenvalue weighted by Crippen LogP contribution is 2.16. The molecule has 21 heavy (non-hydrogen) atoms. The van der Waals surface area contributed by atoms with Gasteiger partial charge in [-0.25, -0.2) is 9.18 Å². The lowest BCUT2D eigenvalue weighted by Gasteiger charge is -2.30. The Bertz CT molecular complexity index is 504. The number of halogens is 1. The Hall–Kier alpha value is -2.11. The maximum Gasteiger partial charge on any atom is 0.317 e. The fraction of sp³-hybridized carbons (Fsp3) is 0.467. The van der Waals surface area contributed by atoms with Gasteiger partial charge in [0.15, 0.2) is 0 Å². The number of hydrogen-bond acceptors (Lipinski definition) is 2. The van der Waals surface area contributed by atoms with Crippen LogP contribution in [0.15, 0.2) is 24.3 Å². The zero-order valence-electron chi connectivity index (χ0n) is 11.7. The molecule has 0 saturated carbocycles. The Labute approximate surface area is 122 Å². The Morgan fingerprint density at radius 3 is 2.71 bits per heavy atom. The van der Waals surface area contributed by atoms with E-state index in [1.165, 1.54) is 12.1 Å². The van der Waals surface area contributed by atoms with E-state index in [0.717, 1.165) is 5.56 Å². The number of urea groups is 1. The monoisotopic (exact) mass is 294 g/mol. The summed E-state index contributed by atoms with van der Waals surface area (Å²) >= 11 is 0. The molecule has 1 atom stereocenters. The number of carbonyl (C=O) groups is 2. The summed E-state index contributed by atoms with van der Waals surface area (Å²) in [5, 5.41) is 11.8. The minimum absolute atomic E-state index is 0.233. The summed E-state index contributed by atoms with van der Waals surface area (Å²) in [5.41, 5.74) is 0.943. The molecular weight excluding hydrogens is 275 g/mol. The van der Waals surface area contributed by atoms with Crippen LogP contribution in [0.5, 0.6) is 0 Å².